The summed E-state index contributed by atoms with van der Waals surface area (Å²) in [5, 5.41) is 24.1. The summed E-state index contributed by atoms with van der Waals surface area (Å²) in [5.41, 5.74) is 6.76. The van der Waals surface area contributed by atoms with Crippen LogP contribution in [-0.2, 0) is 19.8 Å². The number of aryl methyl sites for hydroxylation is 3. The fraction of sp³-hybridized carbons (Fsp3) is 0.177. The van der Waals surface area contributed by atoms with Crippen molar-refractivity contribution in [2.45, 2.75) is 53.4 Å². The van der Waals surface area contributed by atoms with Gasteiger partial charge in [-0.1, -0.05) is 59.1 Å². The van der Waals surface area contributed by atoms with Crippen molar-refractivity contribution in [3.8, 4) is 34.7 Å². The molecular weight excluding hydrogens is 1290 g/mol. The zero-order valence-electron chi connectivity index (χ0n) is 47.8. The third kappa shape index (κ3) is 18.7. The zero-order valence-corrected chi connectivity index (χ0v) is 50.9. The van der Waals surface area contributed by atoms with E-state index in [1.54, 1.807) is 51.1 Å². The number of Topliss-reactive ketones (excluding diaryl/α,β-unsaturated/α-hetero) is 1. The summed E-state index contributed by atoms with van der Waals surface area (Å²) in [6.07, 6.45) is 4.04. The van der Waals surface area contributed by atoms with Crippen molar-refractivity contribution < 1.29 is 70.3 Å². The lowest BCUT2D eigenvalue weighted by molar-refractivity contribution is 0.0696. The van der Waals surface area contributed by atoms with Crippen LogP contribution in [0.1, 0.15) is 77.3 Å². The second-order valence-electron chi connectivity index (χ2n) is 19.0. The van der Waals surface area contributed by atoms with Gasteiger partial charge in [0.15, 0.2) is 20.9 Å². The number of nitrogens with two attached hydrogens (primary N) is 1. The summed E-state index contributed by atoms with van der Waals surface area (Å²) in [4.78, 5) is 84.8. The number of ether oxygens (including phenoxy) is 3. The topological polar surface area (TPSA) is 270 Å². The first-order chi connectivity index (χ1) is 43.3. The van der Waals surface area contributed by atoms with Gasteiger partial charge in [0.25, 0.3) is 21.9 Å². The van der Waals surface area contributed by atoms with Crippen LogP contribution >= 0.6 is 46.4 Å². The Kier molecular flexibility index (Phi) is 25.7. The van der Waals surface area contributed by atoms with Crippen LogP contribution in [0.25, 0.3) is 17.1 Å². The molecule has 9 rings (SSSR count). The molecule has 0 fully saturated rings. The zero-order chi connectivity index (χ0) is 66.8. The maximum Gasteiger partial charge on any atom is 0.335 e. The van der Waals surface area contributed by atoms with Crippen LogP contribution in [0.15, 0.2) is 143 Å². The molecule has 0 spiro atoms. The number of carboxylic acid groups (broad SMARTS) is 1. The Morgan fingerprint density at radius 1 is 0.495 bits per heavy atom. The van der Waals surface area contributed by atoms with Crippen molar-refractivity contribution in [2.75, 3.05) is 19.8 Å². The van der Waals surface area contributed by atoms with Crippen molar-refractivity contribution >= 4 is 63.4 Å². The van der Waals surface area contributed by atoms with E-state index in [1.807, 2.05) is 0 Å². The van der Waals surface area contributed by atoms with E-state index in [1.165, 1.54) is 59.7 Å². The number of halogens is 10. The molecule has 0 bridgehead atoms. The van der Waals surface area contributed by atoms with Gasteiger partial charge >= 0.3 is 5.97 Å². The number of carbonyl (C=O) groups is 3. The van der Waals surface area contributed by atoms with E-state index >= 15 is 0 Å². The minimum atomic E-state index is -1.14. The summed E-state index contributed by atoms with van der Waals surface area (Å²) in [5.74, 6) is -6.46. The van der Waals surface area contributed by atoms with Crippen molar-refractivity contribution in [3.63, 3.8) is 0 Å². The number of nitrogens with zero attached hydrogens (tertiary/aromatic N) is 6. The number of rotatable bonds is 19. The summed E-state index contributed by atoms with van der Waals surface area (Å²) < 4.78 is 99.4. The van der Waals surface area contributed by atoms with Crippen LogP contribution in [0, 0.1) is 55.7 Å². The Balaban J connectivity index is 0.000000211. The molecule has 0 aliphatic rings. The highest BCUT2D eigenvalue weighted by molar-refractivity contribution is 6.67. The molecule has 6 aromatic carbocycles. The lowest BCUT2D eigenvalue weighted by Crippen LogP contribution is -2.21. The minimum absolute atomic E-state index is 0.00395. The molecule has 3 heterocycles. The summed E-state index contributed by atoms with van der Waals surface area (Å²) >= 11 is 23.7. The number of carboxylic acids is 1. The molecule has 0 saturated carbocycles. The van der Waals surface area contributed by atoms with Gasteiger partial charge in [-0.2, -0.15) is 0 Å². The molecule has 0 saturated heterocycles. The quantitative estimate of drug-likeness (QED) is 0.0333. The van der Waals surface area contributed by atoms with Crippen LogP contribution in [0.4, 0.5) is 26.3 Å². The van der Waals surface area contributed by atoms with Gasteiger partial charge in [0.1, 0.15) is 73.7 Å². The highest BCUT2D eigenvalue weighted by Crippen LogP contribution is 2.26. The lowest BCUT2D eigenvalue weighted by atomic mass is 10.0. The van der Waals surface area contributed by atoms with E-state index in [0.29, 0.717) is 58.3 Å². The van der Waals surface area contributed by atoms with Gasteiger partial charge in [-0.05, 0) is 122 Å². The van der Waals surface area contributed by atoms with Crippen LogP contribution < -0.4 is 36.6 Å². The van der Waals surface area contributed by atoms with Gasteiger partial charge in [0, 0.05) is 65.6 Å². The molecule has 5 N–H and O–H groups in total. The Hall–Kier alpha value is -9.21. The predicted octanol–water partition coefficient (Wildman–Crippen LogP) is 11.1. The lowest BCUT2D eigenvalue weighted by Gasteiger charge is -2.13. The van der Waals surface area contributed by atoms with E-state index in [9.17, 15) is 55.1 Å². The maximum absolute atomic E-state index is 13.8. The summed E-state index contributed by atoms with van der Waals surface area (Å²) in [6.45, 7) is 4.68. The number of hydrogen-bond donors (Lipinski definition) is 4. The molecule has 0 unspecified atom stereocenters. The third-order valence-electron chi connectivity index (χ3n) is 12.7. The number of aromatic carboxylic acids is 1. The number of carbonyl (C=O) groups excluding carboxylic acids is 2. The average molecular weight is 1340 g/mol. The first-order valence-corrected chi connectivity index (χ1v) is 28.0. The van der Waals surface area contributed by atoms with E-state index < -0.39 is 62.8 Å². The number of aliphatic hydroxyl groups excluding tert-OH is 2. The number of aromatic nitrogens is 6. The molecule has 3 aromatic heterocycles. The van der Waals surface area contributed by atoms with Crippen molar-refractivity contribution in [2.24, 2.45) is 5.73 Å². The van der Waals surface area contributed by atoms with Crippen LogP contribution in [-0.4, -0.2) is 80.7 Å². The molecule has 29 heteroatoms. The van der Waals surface area contributed by atoms with E-state index in [-0.39, 0.29) is 106 Å². The second kappa shape index (κ2) is 33.0. The molecule has 91 heavy (non-hydrogen) atoms. The highest BCUT2D eigenvalue weighted by atomic mass is 35.5. The molecular formula is C62H51Cl4F6N7O12. The molecule has 19 nitrogen and oxygen atoms in total. The molecule has 0 amide bonds. The molecule has 0 radical (unpaired) electrons. The number of benzene rings is 6. The van der Waals surface area contributed by atoms with Crippen molar-refractivity contribution in [1.82, 2.24) is 28.7 Å². The Morgan fingerprint density at radius 2 is 0.813 bits per heavy atom. The normalized spacial score (nSPS) is 10.6. The minimum Gasteiger partial charge on any atom is -0.478 e. The Labute approximate surface area is 532 Å². The predicted molar refractivity (Wildman–Crippen MR) is 325 cm³/mol. The number of aliphatic hydroxyl groups is 2. The SMILES string of the molecule is Cc1ccc(C(=O)CCCO)cc1-n1cnc(OCc2ccc(F)cc2F)c(Cl)c1=O.Cc1ccc(C(=O)Cl)cc1-n1cnc(OCc2ccc(F)cc2F)c(Cl)c1=O.Cc1ccc(C(=O)O)cc1-n1cnc(OCc2ccc(F)cc2F)c(Cl)c1=O.NCCO. The standard InChI is InChI=1S/C22H19ClF2N2O4.C19H12Cl2F2N2O3.C19H13ClF2N2O4.C2H7NO/c1-13-4-5-14(19(29)3-2-8-28)9-18(13)27-12-26-21(20(23)22(27)30)31-11-15-6-7-16(24)10-17(15)25;1-10-2-3-11(17(21)26)6-15(10)25-9-24-18(16(20)19(25)27)28-8-12-4-5-13(22)7-14(12)23;1-10-2-3-11(19(26)27)6-15(10)24-9-23-17(16(20)18(24)25)28-8-12-4-5-13(21)7-14(12)22;3-1-2-4/h4-7,9-10,12,28H,2-3,8,11H2,1H3;2-7,9H,8H2,1H3;2-7,9H,8H2,1H3,(H,26,27);4H,1-3H2. The van der Waals surface area contributed by atoms with Crippen LogP contribution in [0.2, 0.25) is 15.1 Å². The van der Waals surface area contributed by atoms with Gasteiger partial charge in [-0.3, -0.25) is 37.7 Å². The largest absolute Gasteiger partial charge is 0.478 e. The molecule has 0 aliphatic carbocycles. The van der Waals surface area contributed by atoms with Gasteiger partial charge in [0.05, 0.1) is 29.2 Å². The van der Waals surface area contributed by atoms with Gasteiger partial charge in [-0.25, -0.2) is 46.1 Å². The van der Waals surface area contributed by atoms with Gasteiger partial charge < -0.3 is 35.3 Å². The Morgan fingerprint density at radius 3 is 1.12 bits per heavy atom. The second-order valence-corrected chi connectivity index (χ2v) is 20.5. The van der Waals surface area contributed by atoms with Gasteiger partial charge in [-0.15, -0.1) is 0 Å². The first kappa shape index (κ1) is 70.9. The van der Waals surface area contributed by atoms with Crippen molar-refractivity contribution in [3.05, 3.63) is 259 Å². The molecule has 9 aromatic rings. The smallest absolute Gasteiger partial charge is 0.335 e. The van der Waals surface area contributed by atoms with Crippen molar-refractivity contribution in [1.29, 1.82) is 0 Å². The molecule has 476 valence electrons. The molecule has 0 aliphatic heterocycles. The monoisotopic (exact) mass is 1340 g/mol. The van der Waals surface area contributed by atoms with Gasteiger partial charge in [0.2, 0.25) is 17.6 Å². The van der Waals surface area contributed by atoms with E-state index in [0.717, 1.165) is 45.8 Å². The fourth-order valence-electron chi connectivity index (χ4n) is 7.84. The summed E-state index contributed by atoms with van der Waals surface area (Å²) in [7, 11) is 0. The first-order valence-electron chi connectivity index (χ1n) is 26.5. The third-order valence-corrected chi connectivity index (χ3v) is 13.9. The average Bonchev–Trinajstić information content (AvgIpc) is 1.05. The van der Waals surface area contributed by atoms with E-state index in [4.69, 9.17) is 81.7 Å². The van der Waals surface area contributed by atoms with Crippen LogP contribution in [0.3, 0.4) is 0 Å². The fourth-order valence-corrected chi connectivity index (χ4v) is 8.54. The highest BCUT2D eigenvalue weighted by Gasteiger charge is 2.20. The van der Waals surface area contributed by atoms with E-state index in [2.05, 4.69) is 15.0 Å². The molecule has 0 atom stereocenters. The van der Waals surface area contributed by atoms with Crippen LogP contribution in [0.5, 0.6) is 17.6 Å². The Bertz CT molecular complexity index is 4170. The maximum atomic E-state index is 13.8. The number of hydrogen-bond acceptors (Lipinski definition) is 15. The number of ketones is 1. The summed E-state index contributed by atoms with van der Waals surface area (Å²) in [6, 6.07) is 22.9.